The number of ether oxygens (including phenoxy) is 1. The van der Waals surface area contributed by atoms with Gasteiger partial charge in [0.1, 0.15) is 11.6 Å². The minimum absolute atomic E-state index is 0.324. The SMILES string of the molecule is Fc1ncccc1-c1cccc(C2(c3ccc(OC(F)(F)F)cc3)N=CN3CCN=C32)c1. The fraction of sp³-hybridized carbons (Fsp3) is 0.174. The van der Waals surface area contributed by atoms with Crippen LogP contribution in [0.4, 0.5) is 17.6 Å². The number of hydrogen-bond acceptors (Lipinski definition) is 5. The molecule has 0 amide bonds. The Hall–Kier alpha value is -3.75. The second-order valence-electron chi connectivity index (χ2n) is 7.35. The van der Waals surface area contributed by atoms with Crippen LogP contribution >= 0.6 is 0 Å². The Morgan fingerprint density at radius 2 is 1.78 bits per heavy atom. The summed E-state index contributed by atoms with van der Waals surface area (Å²) in [5.74, 6) is -0.248. The molecule has 162 valence electrons. The van der Waals surface area contributed by atoms with Crippen molar-refractivity contribution >= 4 is 12.2 Å². The van der Waals surface area contributed by atoms with Crippen LogP contribution in [0.25, 0.3) is 11.1 Å². The molecule has 0 aliphatic carbocycles. The minimum atomic E-state index is -4.78. The Morgan fingerprint density at radius 1 is 0.969 bits per heavy atom. The van der Waals surface area contributed by atoms with E-state index in [0.29, 0.717) is 41.2 Å². The second-order valence-corrected chi connectivity index (χ2v) is 7.35. The summed E-state index contributed by atoms with van der Waals surface area (Å²) in [7, 11) is 0. The number of pyridine rings is 1. The van der Waals surface area contributed by atoms with E-state index in [0.717, 1.165) is 0 Å². The van der Waals surface area contributed by atoms with E-state index >= 15 is 0 Å². The van der Waals surface area contributed by atoms with Gasteiger partial charge < -0.3 is 9.64 Å². The highest BCUT2D eigenvalue weighted by molar-refractivity contribution is 6.07. The molecular weight excluding hydrogens is 424 g/mol. The van der Waals surface area contributed by atoms with Crippen molar-refractivity contribution in [3.8, 4) is 16.9 Å². The van der Waals surface area contributed by atoms with Gasteiger partial charge in [-0.05, 0) is 47.0 Å². The maximum atomic E-state index is 14.3. The van der Waals surface area contributed by atoms with Gasteiger partial charge in [0.2, 0.25) is 5.95 Å². The number of aliphatic imine (C=N–C) groups is 2. The van der Waals surface area contributed by atoms with E-state index in [-0.39, 0.29) is 5.75 Å². The second kappa shape index (κ2) is 7.44. The number of halogens is 4. The monoisotopic (exact) mass is 440 g/mol. The first kappa shape index (κ1) is 20.2. The van der Waals surface area contributed by atoms with Crippen molar-refractivity contribution in [1.82, 2.24) is 9.88 Å². The van der Waals surface area contributed by atoms with Crippen molar-refractivity contribution in [2.75, 3.05) is 13.1 Å². The van der Waals surface area contributed by atoms with E-state index in [1.807, 2.05) is 17.0 Å². The van der Waals surface area contributed by atoms with Crippen LogP contribution in [0.5, 0.6) is 5.75 Å². The first-order valence-electron chi connectivity index (χ1n) is 9.81. The molecule has 0 N–H and O–H groups in total. The Kier molecular flexibility index (Phi) is 4.69. The molecule has 2 aliphatic rings. The summed E-state index contributed by atoms with van der Waals surface area (Å²) in [6.07, 6.45) is -1.72. The van der Waals surface area contributed by atoms with Crippen molar-refractivity contribution in [3.63, 3.8) is 0 Å². The summed E-state index contributed by atoms with van der Waals surface area (Å²) < 4.78 is 56.1. The molecule has 5 rings (SSSR count). The summed E-state index contributed by atoms with van der Waals surface area (Å²) >= 11 is 0. The predicted molar refractivity (Wildman–Crippen MR) is 111 cm³/mol. The van der Waals surface area contributed by atoms with Gasteiger partial charge in [0.25, 0.3) is 0 Å². The molecule has 0 bridgehead atoms. The normalized spacial score (nSPS) is 19.8. The van der Waals surface area contributed by atoms with E-state index in [1.54, 1.807) is 42.7 Å². The number of fused-ring (bicyclic) bond motifs is 1. The van der Waals surface area contributed by atoms with Crippen molar-refractivity contribution < 1.29 is 22.3 Å². The molecule has 1 unspecified atom stereocenters. The lowest BCUT2D eigenvalue weighted by Gasteiger charge is -2.29. The molecule has 1 atom stereocenters. The van der Waals surface area contributed by atoms with E-state index in [9.17, 15) is 17.6 Å². The quantitative estimate of drug-likeness (QED) is 0.433. The highest BCUT2D eigenvalue weighted by Crippen LogP contribution is 2.42. The van der Waals surface area contributed by atoms with Gasteiger partial charge in [0.15, 0.2) is 5.54 Å². The number of benzene rings is 2. The number of rotatable bonds is 4. The Balaban J connectivity index is 1.63. The molecule has 0 radical (unpaired) electrons. The van der Waals surface area contributed by atoms with Crippen LogP contribution in [0.15, 0.2) is 76.8 Å². The van der Waals surface area contributed by atoms with Gasteiger partial charge >= 0.3 is 6.36 Å². The molecule has 2 aliphatic heterocycles. The average Bonchev–Trinajstić information content (AvgIpc) is 3.37. The summed E-state index contributed by atoms with van der Waals surface area (Å²) in [4.78, 5) is 15.0. The van der Waals surface area contributed by atoms with Crippen LogP contribution in [0, 0.1) is 5.95 Å². The molecule has 3 aromatic rings. The zero-order valence-corrected chi connectivity index (χ0v) is 16.6. The van der Waals surface area contributed by atoms with Crippen LogP contribution in [0.1, 0.15) is 11.1 Å². The highest BCUT2D eigenvalue weighted by atomic mass is 19.4. The largest absolute Gasteiger partial charge is 0.573 e. The van der Waals surface area contributed by atoms with Crippen LogP contribution in [0.3, 0.4) is 0 Å². The van der Waals surface area contributed by atoms with Crippen LogP contribution < -0.4 is 4.74 Å². The molecule has 3 heterocycles. The molecule has 2 aromatic carbocycles. The Morgan fingerprint density at radius 3 is 2.53 bits per heavy atom. The van der Waals surface area contributed by atoms with Crippen molar-refractivity contribution in [2.24, 2.45) is 9.98 Å². The lowest BCUT2D eigenvalue weighted by molar-refractivity contribution is -0.274. The number of nitrogens with zero attached hydrogens (tertiary/aromatic N) is 4. The average molecular weight is 440 g/mol. The van der Waals surface area contributed by atoms with E-state index in [4.69, 9.17) is 4.99 Å². The number of hydrogen-bond donors (Lipinski definition) is 0. The Labute approximate surface area is 180 Å². The maximum Gasteiger partial charge on any atom is 0.573 e. The molecule has 0 spiro atoms. The molecule has 0 saturated heterocycles. The lowest BCUT2D eigenvalue weighted by atomic mass is 9.81. The fourth-order valence-electron chi connectivity index (χ4n) is 4.09. The van der Waals surface area contributed by atoms with Crippen molar-refractivity contribution in [3.05, 3.63) is 83.9 Å². The van der Waals surface area contributed by atoms with Crippen molar-refractivity contribution in [2.45, 2.75) is 11.9 Å². The lowest BCUT2D eigenvalue weighted by Crippen LogP contribution is -2.38. The third-order valence-corrected chi connectivity index (χ3v) is 5.45. The summed E-state index contributed by atoms with van der Waals surface area (Å²) in [5, 5.41) is 0. The summed E-state index contributed by atoms with van der Waals surface area (Å²) in [6, 6.07) is 16.1. The third-order valence-electron chi connectivity index (χ3n) is 5.45. The van der Waals surface area contributed by atoms with Gasteiger partial charge in [-0.15, -0.1) is 13.2 Å². The molecule has 0 fully saturated rings. The molecule has 9 heteroatoms. The van der Waals surface area contributed by atoms with Gasteiger partial charge in [0.05, 0.1) is 12.9 Å². The van der Waals surface area contributed by atoms with Crippen molar-refractivity contribution in [1.29, 1.82) is 0 Å². The zero-order valence-electron chi connectivity index (χ0n) is 16.6. The standard InChI is InChI=1S/C23H16F4N4O/c24-20-19(5-2-10-28-20)15-3-1-4-17(13-15)22(21-29-11-12-31(21)14-30-22)16-6-8-18(9-7-16)32-23(25,26)27/h1-10,13-14H,11-12H2. The van der Waals surface area contributed by atoms with Crippen LogP contribution in [0.2, 0.25) is 0 Å². The Bertz CT molecular complexity index is 1220. The van der Waals surface area contributed by atoms with Gasteiger partial charge in [-0.1, -0.05) is 30.3 Å². The van der Waals surface area contributed by atoms with E-state index < -0.39 is 17.8 Å². The minimum Gasteiger partial charge on any atom is -0.406 e. The number of aromatic nitrogens is 1. The van der Waals surface area contributed by atoms with Crippen LogP contribution in [-0.4, -0.2) is 41.5 Å². The number of amidine groups is 1. The first-order valence-corrected chi connectivity index (χ1v) is 9.81. The summed E-state index contributed by atoms with van der Waals surface area (Å²) in [6.45, 7) is 1.24. The topological polar surface area (TPSA) is 50.1 Å². The predicted octanol–water partition coefficient (Wildman–Crippen LogP) is 4.79. The fourth-order valence-corrected chi connectivity index (χ4v) is 4.09. The molecule has 1 aromatic heterocycles. The van der Waals surface area contributed by atoms with Crippen LogP contribution in [-0.2, 0) is 5.54 Å². The van der Waals surface area contributed by atoms with Gasteiger partial charge in [-0.3, -0.25) is 9.98 Å². The summed E-state index contributed by atoms with van der Waals surface area (Å²) in [5.41, 5.74) is 1.21. The smallest absolute Gasteiger partial charge is 0.406 e. The van der Waals surface area contributed by atoms with E-state index in [2.05, 4.69) is 14.7 Å². The van der Waals surface area contributed by atoms with Gasteiger partial charge in [-0.2, -0.15) is 4.39 Å². The third kappa shape index (κ3) is 3.39. The maximum absolute atomic E-state index is 14.3. The zero-order chi connectivity index (χ0) is 22.3. The highest BCUT2D eigenvalue weighted by Gasteiger charge is 2.47. The molecule has 5 nitrogen and oxygen atoms in total. The van der Waals surface area contributed by atoms with E-state index in [1.165, 1.54) is 18.3 Å². The van der Waals surface area contributed by atoms with Gasteiger partial charge in [-0.25, -0.2) is 4.98 Å². The first-order chi connectivity index (χ1) is 15.4. The molecule has 32 heavy (non-hydrogen) atoms. The number of alkyl halides is 3. The molecule has 0 saturated carbocycles. The molecular formula is C23H16F4N4O. The van der Waals surface area contributed by atoms with Gasteiger partial charge in [0, 0.05) is 18.3 Å².